The first kappa shape index (κ1) is 18.1. The number of aromatic nitrogens is 3. The van der Waals surface area contributed by atoms with Gasteiger partial charge in [-0.05, 0) is 12.1 Å². The lowest BCUT2D eigenvalue weighted by Crippen LogP contribution is -2.49. The molecule has 0 aromatic carbocycles. The molecular formula is C17H16ClN5O2S2. The Hall–Kier alpha value is -2.23. The normalized spacial score (nSPS) is 14.4. The van der Waals surface area contributed by atoms with E-state index in [9.17, 15) is 4.79 Å². The third-order valence-electron chi connectivity index (χ3n) is 4.21. The Kier molecular flexibility index (Phi) is 5.24. The highest BCUT2D eigenvalue weighted by Gasteiger charge is 2.25. The Balaban J connectivity index is 1.41. The Morgan fingerprint density at radius 1 is 1.19 bits per heavy atom. The molecule has 4 rings (SSSR count). The molecule has 3 aromatic heterocycles. The number of thiophene rings is 1. The summed E-state index contributed by atoms with van der Waals surface area (Å²) < 4.78 is 5.84. The van der Waals surface area contributed by atoms with Gasteiger partial charge in [-0.1, -0.05) is 11.6 Å². The monoisotopic (exact) mass is 421 g/mol. The third kappa shape index (κ3) is 3.90. The summed E-state index contributed by atoms with van der Waals surface area (Å²) in [6.07, 6.45) is 3.28. The van der Waals surface area contributed by atoms with Crippen molar-refractivity contribution in [2.45, 2.75) is 0 Å². The Morgan fingerprint density at radius 3 is 2.70 bits per heavy atom. The number of halogens is 1. The van der Waals surface area contributed by atoms with Gasteiger partial charge in [0.1, 0.15) is 10.7 Å². The van der Waals surface area contributed by atoms with Crippen LogP contribution >= 0.6 is 34.3 Å². The maximum Gasteiger partial charge on any atom is 0.273 e. The van der Waals surface area contributed by atoms with Crippen LogP contribution in [0.4, 0.5) is 5.82 Å². The van der Waals surface area contributed by atoms with E-state index in [0.717, 1.165) is 15.7 Å². The molecule has 1 saturated heterocycles. The highest BCUT2D eigenvalue weighted by Crippen LogP contribution is 2.33. The van der Waals surface area contributed by atoms with E-state index in [-0.39, 0.29) is 5.91 Å². The van der Waals surface area contributed by atoms with E-state index in [1.165, 1.54) is 22.7 Å². The highest BCUT2D eigenvalue weighted by atomic mass is 35.5. The molecule has 0 spiro atoms. The Bertz CT molecular complexity index is 952. The molecule has 0 aliphatic carbocycles. The molecule has 140 valence electrons. The summed E-state index contributed by atoms with van der Waals surface area (Å²) >= 11 is 8.90. The molecular weight excluding hydrogens is 406 g/mol. The second kappa shape index (κ2) is 7.79. The number of nitrogens with zero attached hydrogens (tertiary/aromatic N) is 5. The van der Waals surface area contributed by atoms with Crippen molar-refractivity contribution < 1.29 is 9.53 Å². The summed E-state index contributed by atoms with van der Waals surface area (Å²) in [5.74, 6) is 1.19. The summed E-state index contributed by atoms with van der Waals surface area (Å²) in [6.45, 7) is 2.58. The van der Waals surface area contributed by atoms with Gasteiger partial charge in [0.2, 0.25) is 5.88 Å². The van der Waals surface area contributed by atoms with Crippen LogP contribution in [-0.4, -0.2) is 59.0 Å². The number of ether oxygens (including phenoxy) is 1. The molecule has 1 fully saturated rings. The zero-order chi connectivity index (χ0) is 18.8. The number of amides is 1. The number of methoxy groups -OCH3 is 1. The van der Waals surface area contributed by atoms with Crippen molar-refractivity contribution in [3.05, 3.63) is 39.9 Å². The number of hydrogen-bond donors (Lipinski definition) is 0. The fourth-order valence-corrected chi connectivity index (χ4v) is 4.71. The number of carbonyl (C=O) groups excluding carboxylic acids is 1. The standard InChI is InChI=1S/C17H16ClN5O2S2/c1-25-15-9-19-8-14(21-15)22-4-6-23(7-5-22)17(24)11-10-26-16(20-11)12-2-3-13(18)27-12/h2-3,8-10H,4-7H2,1H3. The predicted octanol–water partition coefficient (Wildman–Crippen LogP) is 3.29. The number of thiazole rings is 1. The minimum absolute atomic E-state index is 0.0449. The van der Waals surface area contributed by atoms with Crippen LogP contribution in [0.25, 0.3) is 9.88 Å². The predicted molar refractivity (Wildman–Crippen MR) is 107 cm³/mol. The van der Waals surface area contributed by atoms with Gasteiger partial charge in [0.15, 0.2) is 5.82 Å². The van der Waals surface area contributed by atoms with Crippen LogP contribution in [0.15, 0.2) is 29.9 Å². The molecule has 0 bridgehead atoms. The molecule has 0 N–H and O–H groups in total. The first-order chi connectivity index (χ1) is 13.1. The highest BCUT2D eigenvalue weighted by molar-refractivity contribution is 7.23. The van der Waals surface area contributed by atoms with Gasteiger partial charge in [0.25, 0.3) is 5.91 Å². The molecule has 0 atom stereocenters. The van der Waals surface area contributed by atoms with Gasteiger partial charge in [-0.2, -0.15) is 4.98 Å². The van der Waals surface area contributed by atoms with E-state index >= 15 is 0 Å². The van der Waals surface area contributed by atoms with Crippen molar-refractivity contribution in [1.82, 2.24) is 19.9 Å². The van der Waals surface area contributed by atoms with Crippen molar-refractivity contribution >= 4 is 46.0 Å². The molecule has 0 unspecified atom stereocenters. The molecule has 4 heterocycles. The van der Waals surface area contributed by atoms with E-state index in [2.05, 4.69) is 19.9 Å². The van der Waals surface area contributed by atoms with Crippen LogP contribution in [0.1, 0.15) is 10.5 Å². The van der Waals surface area contributed by atoms with Crippen LogP contribution < -0.4 is 9.64 Å². The zero-order valence-corrected chi connectivity index (χ0v) is 16.9. The van der Waals surface area contributed by atoms with Gasteiger partial charge in [0.05, 0.1) is 28.7 Å². The summed E-state index contributed by atoms with van der Waals surface area (Å²) in [5, 5.41) is 2.63. The smallest absolute Gasteiger partial charge is 0.273 e. The average molecular weight is 422 g/mol. The zero-order valence-electron chi connectivity index (χ0n) is 14.5. The van der Waals surface area contributed by atoms with Gasteiger partial charge in [-0.3, -0.25) is 9.78 Å². The first-order valence-electron chi connectivity index (χ1n) is 8.25. The maximum absolute atomic E-state index is 12.8. The average Bonchev–Trinajstić information content (AvgIpc) is 3.37. The minimum Gasteiger partial charge on any atom is -0.480 e. The third-order valence-corrected chi connectivity index (χ3v) is 6.45. The van der Waals surface area contributed by atoms with Crippen molar-refractivity contribution in [2.24, 2.45) is 0 Å². The largest absolute Gasteiger partial charge is 0.480 e. The molecule has 0 radical (unpaired) electrons. The molecule has 1 aliphatic heterocycles. The minimum atomic E-state index is -0.0449. The van der Waals surface area contributed by atoms with E-state index < -0.39 is 0 Å². The Labute approximate surface area is 169 Å². The lowest BCUT2D eigenvalue weighted by Gasteiger charge is -2.34. The van der Waals surface area contributed by atoms with Crippen molar-refractivity contribution in [3.8, 4) is 15.8 Å². The van der Waals surface area contributed by atoms with Crippen molar-refractivity contribution in [1.29, 1.82) is 0 Å². The second-order valence-corrected chi connectivity index (χ2v) is 8.41. The summed E-state index contributed by atoms with van der Waals surface area (Å²) in [4.78, 5) is 30.7. The lowest BCUT2D eigenvalue weighted by molar-refractivity contribution is 0.0741. The maximum atomic E-state index is 12.8. The molecule has 10 heteroatoms. The number of carbonyl (C=O) groups is 1. The van der Waals surface area contributed by atoms with E-state index in [1.807, 2.05) is 22.4 Å². The van der Waals surface area contributed by atoms with Crippen molar-refractivity contribution in [2.75, 3.05) is 38.2 Å². The number of hydrogen-bond acceptors (Lipinski definition) is 8. The van der Waals surface area contributed by atoms with Gasteiger partial charge in [0, 0.05) is 31.6 Å². The molecule has 3 aromatic rings. The van der Waals surface area contributed by atoms with E-state index in [0.29, 0.717) is 42.1 Å². The van der Waals surface area contributed by atoms with E-state index in [1.54, 1.807) is 19.5 Å². The van der Waals surface area contributed by atoms with Crippen LogP contribution in [0.2, 0.25) is 4.34 Å². The fourth-order valence-electron chi connectivity index (χ4n) is 2.80. The molecule has 7 nitrogen and oxygen atoms in total. The van der Waals surface area contributed by atoms with Gasteiger partial charge >= 0.3 is 0 Å². The quantitative estimate of drug-likeness (QED) is 0.643. The molecule has 1 aliphatic rings. The van der Waals surface area contributed by atoms with Crippen LogP contribution in [-0.2, 0) is 0 Å². The number of anilines is 1. The van der Waals surface area contributed by atoms with Gasteiger partial charge in [-0.15, -0.1) is 22.7 Å². The second-order valence-electron chi connectivity index (χ2n) is 5.84. The van der Waals surface area contributed by atoms with Crippen molar-refractivity contribution in [3.63, 3.8) is 0 Å². The first-order valence-corrected chi connectivity index (χ1v) is 10.3. The molecule has 27 heavy (non-hydrogen) atoms. The topological polar surface area (TPSA) is 71.5 Å². The summed E-state index contributed by atoms with van der Waals surface area (Å²) in [6, 6.07) is 3.76. The number of rotatable bonds is 4. The summed E-state index contributed by atoms with van der Waals surface area (Å²) in [7, 11) is 1.57. The molecule has 1 amide bonds. The number of piperazine rings is 1. The fraction of sp³-hybridized carbons (Fsp3) is 0.294. The van der Waals surface area contributed by atoms with Gasteiger partial charge in [-0.25, -0.2) is 4.98 Å². The Morgan fingerprint density at radius 2 is 2.00 bits per heavy atom. The summed E-state index contributed by atoms with van der Waals surface area (Å²) in [5.41, 5.74) is 0.481. The van der Waals surface area contributed by atoms with E-state index in [4.69, 9.17) is 16.3 Å². The van der Waals surface area contributed by atoms with Gasteiger partial charge < -0.3 is 14.5 Å². The molecule has 0 saturated carbocycles. The SMILES string of the molecule is COc1cncc(N2CCN(C(=O)c3csc(-c4ccc(Cl)s4)n3)CC2)n1. The van der Waals surface area contributed by atoms with Crippen LogP contribution in [0, 0.1) is 0 Å². The van der Waals surface area contributed by atoms with Crippen LogP contribution in [0.5, 0.6) is 5.88 Å². The van der Waals surface area contributed by atoms with Crippen LogP contribution in [0.3, 0.4) is 0 Å². The lowest BCUT2D eigenvalue weighted by atomic mass is 10.3.